The summed E-state index contributed by atoms with van der Waals surface area (Å²) in [5, 5.41) is 2.97. The third-order valence-corrected chi connectivity index (χ3v) is 1.87. The van der Waals surface area contributed by atoms with Gasteiger partial charge in [0.2, 0.25) is 5.89 Å². The first-order valence-electron chi connectivity index (χ1n) is 4.94. The van der Waals surface area contributed by atoms with Crippen LogP contribution < -0.4 is 5.32 Å². The topological polar surface area (TPSA) is 64.4 Å². The molecule has 1 N–H and O–H groups in total. The van der Waals surface area contributed by atoms with Gasteiger partial charge in [-0.2, -0.15) is 0 Å². The summed E-state index contributed by atoms with van der Waals surface area (Å²) in [7, 11) is 0. The number of rotatable bonds is 5. The van der Waals surface area contributed by atoms with Gasteiger partial charge in [0, 0.05) is 0 Å². The van der Waals surface area contributed by atoms with Crippen LogP contribution in [0.1, 0.15) is 31.5 Å². The number of carbonyl (C=O) groups is 1. The van der Waals surface area contributed by atoms with Crippen molar-refractivity contribution in [3.63, 3.8) is 0 Å². The fourth-order valence-electron chi connectivity index (χ4n) is 1.11. The highest BCUT2D eigenvalue weighted by Crippen LogP contribution is 2.11. The van der Waals surface area contributed by atoms with Gasteiger partial charge in [0.1, 0.15) is 5.76 Å². The molecule has 1 aromatic rings. The zero-order chi connectivity index (χ0) is 11.3. The Morgan fingerprint density at radius 2 is 2.47 bits per heavy atom. The summed E-state index contributed by atoms with van der Waals surface area (Å²) in [5.74, 6) is 1.07. The van der Waals surface area contributed by atoms with Crippen molar-refractivity contribution < 1.29 is 13.9 Å². The molecule has 1 atom stereocenters. The van der Waals surface area contributed by atoms with Gasteiger partial charge in [-0.1, -0.05) is 0 Å². The molecule has 0 saturated heterocycles. The molecule has 0 radical (unpaired) electrons. The lowest BCUT2D eigenvalue weighted by Crippen LogP contribution is -2.27. The lowest BCUT2D eigenvalue weighted by Gasteiger charge is -2.09. The summed E-state index contributed by atoms with van der Waals surface area (Å²) >= 11 is 0. The van der Waals surface area contributed by atoms with Crippen LogP contribution in [0.5, 0.6) is 0 Å². The highest BCUT2D eigenvalue weighted by molar-refractivity contribution is 5.71. The quantitative estimate of drug-likeness (QED) is 0.743. The van der Waals surface area contributed by atoms with Crippen molar-refractivity contribution in [1.29, 1.82) is 0 Å². The molecule has 0 aliphatic carbocycles. The summed E-state index contributed by atoms with van der Waals surface area (Å²) in [5.41, 5.74) is 0. The number of esters is 1. The largest absolute Gasteiger partial charge is 0.465 e. The van der Waals surface area contributed by atoms with Crippen molar-refractivity contribution in [2.75, 3.05) is 13.2 Å². The second-order valence-corrected chi connectivity index (χ2v) is 3.22. The van der Waals surface area contributed by atoms with Gasteiger partial charge < -0.3 is 9.15 Å². The molecule has 1 aromatic heterocycles. The molecular weight excluding hydrogens is 196 g/mol. The fourth-order valence-corrected chi connectivity index (χ4v) is 1.11. The third kappa shape index (κ3) is 3.71. The second kappa shape index (κ2) is 5.50. The molecule has 0 aliphatic rings. The normalized spacial score (nSPS) is 12.5. The van der Waals surface area contributed by atoms with E-state index in [1.807, 2.05) is 13.8 Å². The van der Waals surface area contributed by atoms with Crippen LogP contribution >= 0.6 is 0 Å². The maximum Gasteiger partial charge on any atom is 0.319 e. The van der Waals surface area contributed by atoms with Crippen LogP contribution in [0.25, 0.3) is 0 Å². The van der Waals surface area contributed by atoms with Crippen molar-refractivity contribution >= 4 is 5.97 Å². The molecule has 0 amide bonds. The fraction of sp³-hybridized carbons (Fsp3) is 0.600. The molecule has 84 valence electrons. The highest BCUT2D eigenvalue weighted by atomic mass is 16.5. The molecule has 1 rings (SSSR count). The summed E-state index contributed by atoms with van der Waals surface area (Å²) in [6.07, 6.45) is 1.65. The Kier molecular flexibility index (Phi) is 4.30. The predicted molar refractivity (Wildman–Crippen MR) is 54.3 cm³/mol. The molecule has 0 bridgehead atoms. The number of ether oxygens (including phenoxy) is 1. The third-order valence-electron chi connectivity index (χ3n) is 1.87. The van der Waals surface area contributed by atoms with Gasteiger partial charge in [0.25, 0.3) is 0 Å². The van der Waals surface area contributed by atoms with Gasteiger partial charge in [-0.25, -0.2) is 4.98 Å². The Morgan fingerprint density at radius 3 is 3.00 bits per heavy atom. The van der Waals surface area contributed by atoms with E-state index in [4.69, 9.17) is 9.15 Å². The maximum absolute atomic E-state index is 11.0. The van der Waals surface area contributed by atoms with E-state index in [9.17, 15) is 4.79 Å². The highest BCUT2D eigenvalue weighted by Gasteiger charge is 2.12. The summed E-state index contributed by atoms with van der Waals surface area (Å²) in [6.45, 7) is 6.04. The number of nitrogens with zero attached hydrogens (tertiary/aromatic N) is 1. The molecule has 0 fully saturated rings. The average molecular weight is 212 g/mol. The number of nitrogens with one attached hydrogen (secondary N) is 1. The minimum atomic E-state index is -0.271. The van der Waals surface area contributed by atoms with Crippen LogP contribution in [-0.4, -0.2) is 24.1 Å². The van der Waals surface area contributed by atoms with Crippen LogP contribution in [0.4, 0.5) is 0 Å². The van der Waals surface area contributed by atoms with Crippen molar-refractivity contribution in [1.82, 2.24) is 10.3 Å². The van der Waals surface area contributed by atoms with E-state index in [0.29, 0.717) is 12.5 Å². The Hall–Kier alpha value is -1.36. The smallest absolute Gasteiger partial charge is 0.319 e. The molecular formula is C10H16N2O3. The van der Waals surface area contributed by atoms with Crippen LogP contribution in [0.15, 0.2) is 10.6 Å². The molecule has 5 heteroatoms. The number of oxazole rings is 1. The molecule has 0 spiro atoms. The van der Waals surface area contributed by atoms with E-state index in [1.54, 1.807) is 13.1 Å². The maximum atomic E-state index is 11.0. The molecule has 1 unspecified atom stereocenters. The Labute approximate surface area is 88.8 Å². The van der Waals surface area contributed by atoms with Gasteiger partial charge in [0.05, 0.1) is 25.4 Å². The lowest BCUT2D eigenvalue weighted by atomic mass is 10.3. The minimum absolute atomic E-state index is 0.0943. The first kappa shape index (κ1) is 11.7. The average Bonchev–Trinajstić information content (AvgIpc) is 2.62. The van der Waals surface area contributed by atoms with E-state index in [1.165, 1.54) is 0 Å². The van der Waals surface area contributed by atoms with Crippen LogP contribution in [0.3, 0.4) is 0 Å². The number of aromatic nitrogens is 1. The first-order valence-corrected chi connectivity index (χ1v) is 4.94. The Morgan fingerprint density at radius 1 is 1.73 bits per heavy atom. The van der Waals surface area contributed by atoms with Gasteiger partial charge in [0.15, 0.2) is 0 Å². The SMILES string of the molecule is CCOC(=O)CNC(C)c1ncc(C)o1. The Bertz CT molecular complexity index is 322. The van der Waals surface area contributed by atoms with E-state index >= 15 is 0 Å². The minimum Gasteiger partial charge on any atom is -0.465 e. The van der Waals surface area contributed by atoms with Gasteiger partial charge in [-0.3, -0.25) is 10.1 Å². The predicted octanol–water partition coefficient (Wildman–Crippen LogP) is 1.20. The molecule has 5 nitrogen and oxygen atoms in total. The van der Waals surface area contributed by atoms with E-state index < -0.39 is 0 Å². The zero-order valence-corrected chi connectivity index (χ0v) is 9.24. The number of hydrogen-bond donors (Lipinski definition) is 1. The molecule has 1 heterocycles. The van der Waals surface area contributed by atoms with Crippen LogP contribution in [-0.2, 0) is 9.53 Å². The summed E-state index contributed by atoms with van der Waals surface area (Å²) in [6, 6.07) is -0.0943. The zero-order valence-electron chi connectivity index (χ0n) is 9.24. The first-order chi connectivity index (χ1) is 7.13. The molecule has 0 aliphatic heterocycles. The van der Waals surface area contributed by atoms with Crippen LogP contribution in [0, 0.1) is 6.92 Å². The van der Waals surface area contributed by atoms with Crippen molar-refractivity contribution in [2.24, 2.45) is 0 Å². The van der Waals surface area contributed by atoms with E-state index in [2.05, 4.69) is 10.3 Å². The number of hydrogen-bond acceptors (Lipinski definition) is 5. The molecule has 0 saturated carbocycles. The van der Waals surface area contributed by atoms with E-state index in [0.717, 1.165) is 5.76 Å². The van der Waals surface area contributed by atoms with Gasteiger partial charge in [-0.05, 0) is 20.8 Å². The standard InChI is InChI=1S/C10H16N2O3/c1-4-14-9(13)6-11-8(3)10-12-5-7(2)15-10/h5,8,11H,4,6H2,1-3H3. The van der Waals surface area contributed by atoms with Gasteiger partial charge >= 0.3 is 5.97 Å². The molecule has 0 aromatic carbocycles. The summed E-state index contributed by atoms with van der Waals surface area (Å²) < 4.78 is 10.1. The van der Waals surface area contributed by atoms with E-state index in [-0.39, 0.29) is 18.6 Å². The summed E-state index contributed by atoms with van der Waals surface area (Å²) in [4.78, 5) is 15.1. The second-order valence-electron chi connectivity index (χ2n) is 3.22. The molecule has 15 heavy (non-hydrogen) atoms. The van der Waals surface area contributed by atoms with Crippen LogP contribution in [0.2, 0.25) is 0 Å². The van der Waals surface area contributed by atoms with Gasteiger partial charge in [-0.15, -0.1) is 0 Å². The monoisotopic (exact) mass is 212 g/mol. The Balaban J connectivity index is 2.36. The van der Waals surface area contributed by atoms with Crippen molar-refractivity contribution in [3.05, 3.63) is 17.8 Å². The van der Waals surface area contributed by atoms with Crippen molar-refractivity contribution in [3.8, 4) is 0 Å². The number of aryl methyl sites for hydroxylation is 1. The number of carbonyl (C=O) groups excluding carboxylic acids is 1. The van der Waals surface area contributed by atoms with Crippen molar-refractivity contribution in [2.45, 2.75) is 26.8 Å². The lowest BCUT2D eigenvalue weighted by molar-refractivity contribution is -0.142.